The Labute approximate surface area is 228 Å². The van der Waals surface area contributed by atoms with E-state index in [0.717, 1.165) is 28.1 Å². The van der Waals surface area contributed by atoms with Crippen molar-refractivity contribution >= 4 is 21.6 Å². The molecule has 1 fully saturated rings. The largest absolute Gasteiger partial charge is 0.488 e. The molecule has 0 unspecified atom stereocenters. The lowest BCUT2D eigenvalue weighted by atomic mass is 9.80. The minimum Gasteiger partial charge on any atom is -0.488 e. The van der Waals surface area contributed by atoms with Crippen LogP contribution in [0.2, 0.25) is 0 Å². The van der Waals surface area contributed by atoms with Crippen LogP contribution in [0, 0.1) is 0 Å². The highest BCUT2D eigenvalue weighted by Crippen LogP contribution is 2.44. The second kappa shape index (κ2) is 11.3. The van der Waals surface area contributed by atoms with Crippen LogP contribution in [0.4, 0.5) is 0 Å². The molecule has 1 saturated carbocycles. The first-order valence-corrected chi connectivity index (χ1v) is 15.0. The van der Waals surface area contributed by atoms with Gasteiger partial charge < -0.3 is 9.15 Å². The van der Waals surface area contributed by atoms with Crippen LogP contribution < -0.4 is 9.46 Å². The van der Waals surface area contributed by atoms with Crippen LogP contribution in [0.3, 0.4) is 0 Å². The van der Waals surface area contributed by atoms with Gasteiger partial charge in [0.1, 0.15) is 18.6 Å². The molecule has 5 rings (SSSR count). The molecule has 2 aromatic carbocycles. The summed E-state index contributed by atoms with van der Waals surface area (Å²) in [6.45, 7) is 0.473. The predicted octanol–water partition coefficient (Wildman–Crippen LogP) is 5.64. The van der Waals surface area contributed by atoms with Gasteiger partial charge in [-0.15, -0.1) is 11.6 Å². The molecule has 0 aliphatic heterocycles. The molecule has 2 atom stereocenters. The van der Waals surface area contributed by atoms with Crippen LogP contribution in [0.5, 0.6) is 5.75 Å². The molecule has 9 heteroatoms. The zero-order valence-corrected chi connectivity index (χ0v) is 22.7. The van der Waals surface area contributed by atoms with Crippen LogP contribution in [0.25, 0.3) is 11.1 Å². The second-order valence-electron chi connectivity index (χ2n) is 9.87. The third-order valence-corrected chi connectivity index (χ3v) is 7.94. The number of pyridine rings is 1. The number of ether oxygens (including phenoxy) is 1. The van der Waals surface area contributed by atoms with Gasteiger partial charge in [-0.3, -0.25) is 4.98 Å². The van der Waals surface area contributed by atoms with Gasteiger partial charge in [0.15, 0.2) is 0 Å². The minimum atomic E-state index is -3.34. The lowest BCUT2D eigenvalue weighted by Crippen LogP contribution is -2.35. The Morgan fingerprint density at radius 2 is 1.89 bits per heavy atom. The standard InChI is InChI=1S/C29H30ClN3O4S/c1-38(34,35)33-23-11-13-29(16-23,28-32-25(18-30)20-37-28)17-24-15-22(12-14-31-24)26-9-5-6-10-27(26)36-19-21-7-3-2-4-8-21/h2-10,12,14-15,20,23,33H,11,13,16-19H2,1H3/t23-,29-/m0/s1. The number of hydrogen-bond acceptors (Lipinski definition) is 6. The zero-order valence-electron chi connectivity index (χ0n) is 21.1. The van der Waals surface area contributed by atoms with Crippen molar-refractivity contribution < 1.29 is 17.6 Å². The lowest BCUT2D eigenvalue weighted by Gasteiger charge is -2.26. The smallest absolute Gasteiger partial charge is 0.208 e. The summed E-state index contributed by atoms with van der Waals surface area (Å²) in [5.74, 6) is 1.61. The Kier molecular flexibility index (Phi) is 7.83. The summed E-state index contributed by atoms with van der Waals surface area (Å²) in [7, 11) is -3.34. The van der Waals surface area contributed by atoms with Gasteiger partial charge >= 0.3 is 0 Å². The number of oxazole rings is 1. The molecule has 1 aliphatic rings. The van der Waals surface area contributed by atoms with E-state index in [9.17, 15) is 8.42 Å². The first-order valence-electron chi connectivity index (χ1n) is 12.5. The molecule has 198 valence electrons. The summed E-state index contributed by atoms with van der Waals surface area (Å²) in [6.07, 6.45) is 7.07. The Balaban J connectivity index is 1.42. The van der Waals surface area contributed by atoms with E-state index in [4.69, 9.17) is 20.8 Å². The maximum absolute atomic E-state index is 11.9. The summed E-state index contributed by atoms with van der Waals surface area (Å²) >= 11 is 6.00. The first kappa shape index (κ1) is 26.4. The first-order chi connectivity index (χ1) is 18.3. The zero-order chi connectivity index (χ0) is 26.6. The van der Waals surface area contributed by atoms with E-state index in [1.54, 1.807) is 12.5 Å². The molecule has 0 bridgehead atoms. The number of hydrogen-bond donors (Lipinski definition) is 1. The van der Waals surface area contributed by atoms with E-state index in [1.165, 1.54) is 6.26 Å². The van der Waals surface area contributed by atoms with Gasteiger partial charge in [0.25, 0.3) is 0 Å². The average Bonchev–Trinajstić information content (AvgIpc) is 3.56. The molecule has 0 amide bonds. The monoisotopic (exact) mass is 551 g/mol. The summed E-state index contributed by atoms with van der Waals surface area (Å²) in [5.41, 5.74) is 4.09. The molecule has 0 spiro atoms. The summed E-state index contributed by atoms with van der Waals surface area (Å²) < 4.78 is 38.7. The Morgan fingerprint density at radius 3 is 2.66 bits per heavy atom. The number of rotatable bonds is 10. The molecular weight excluding hydrogens is 522 g/mol. The number of aromatic nitrogens is 2. The highest BCUT2D eigenvalue weighted by molar-refractivity contribution is 7.88. The number of benzene rings is 2. The van der Waals surface area contributed by atoms with Gasteiger partial charge in [-0.25, -0.2) is 18.1 Å². The molecule has 1 N–H and O–H groups in total. The third kappa shape index (κ3) is 6.26. The lowest BCUT2D eigenvalue weighted by molar-refractivity contribution is 0.307. The van der Waals surface area contributed by atoms with Crippen LogP contribution in [-0.2, 0) is 34.3 Å². The molecule has 0 radical (unpaired) electrons. The molecule has 4 aromatic rings. The van der Waals surface area contributed by atoms with Crippen LogP contribution >= 0.6 is 11.6 Å². The molecule has 1 aliphatic carbocycles. The van der Waals surface area contributed by atoms with E-state index in [0.29, 0.717) is 43.9 Å². The highest BCUT2D eigenvalue weighted by atomic mass is 35.5. The number of halogens is 1. The van der Waals surface area contributed by atoms with Crippen molar-refractivity contribution in [1.29, 1.82) is 0 Å². The van der Waals surface area contributed by atoms with Crippen LogP contribution in [-0.4, -0.2) is 30.7 Å². The van der Waals surface area contributed by atoms with Gasteiger partial charge in [-0.05, 0) is 48.6 Å². The van der Waals surface area contributed by atoms with E-state index >= 15 is 0 Å². The fourth-order valence-electron chi connectivity index (χ4n) is 5.23. The Hall–Kier alpha value is -3.20. The number of nitrogens with one attached hydrogen (secondary N) is 1. The number of para-hydroxylation sites is 1. The fourth-order valence-corrected chi connectivity index (χ4v) is 6.16. The summed E-state index contributed by atoms with van der Waals surface area (Å²) in [4.78, 5) is 9.31. The third-order valence-electron chi connectivity index (χ3n) is 6.90. The van der Waals surface area contributed by atoms with Gasteiger partial charge in [0.05, 0.1) is 23.2 Å². The Bertz CT molecular complexity index is 1490. The number of nitrogens with zero attached hydrogens (tertiary/aromatic N) is 2. The minimum absolute atomic E-state index is 0.202. The number of sulfonamides is 1. The average molecular weight is 552 g/mol. The maximum Gasteiger partial charge on any atom is 0.208 e. The molecular formula is C29H30ClN3O4S. The molecule has 2 heterocycles. The van der Waals surface area contributed by atoms with E-state index in [2.05, 4.69) is 20.8 Å². The maximum atomic E-state index is 11.9. The summed E-state index contributed by atoms with van der Waals surface area (Å²) in [6, 6.07) is 21.9. The van der Waals surface area contributed by atoms with Crippen molar-refractivity contribution in [3.63, 3.8) is 0 Å². The Morgan fingerprint density at radius 1 is 1.11 bits per heavy atom. The topological polar surface area (TPSA) is 94.3 Å². The SMILES string of the molecule is CS(=O)(=O)N[C@H]1CC[C@](Cc2cc(-c3ccccc3OCc3ccccc3)ccn2)(c2nc(CCl)co2)C1. The van der Waals surface area contributed by atoms with Crippen molar-refractivity contribution in [1.82, 2.24) is 14.7 Å². The molecule has 7 nitrogen and oxygen atoms in total. The molecule has 38 heavy (non-hydrogen) atoms. The van der Waals surface area contributed by atoms with Gasteiger partial charge in [0, 0.05) is 29.9 Å². The van der Waals surface area contributed by atoms with Crippen LogP contribution in [0.15, 0.2) is 83.6 Å². The number of alkyl halides is 1. The van der Waals surface area contributed by atoms with Gasteiger partial charge in [-0.2, -0.15) is 0 Å². The van der Waals surface area contributed by atoms with E-state index in [-0.39, 0.29) is 11.9 Å². The van der Waals surface area contributed by atoms with Crippen LogP contribution in [0.1, 0.15) is 42.1 Å². The second-order valence-corrected chi connectivity index (χ2v) is 11.9. The normalized spacial score (nSPS) is 19.5. The van der Waals surface area contributed by atoms with Gasteiger partial charge in [-0.1, -0.05) is 48.5 Å². The van der Waals surface area contributed by atoms with E-state index in [1.807, 2.05) is 60.7 Å². The summed E-state index contributed by atoms with van der Waals surface area (Å²) in [5, 5.41) is 0. The molecule has 2 aromatic heterocycles. The van der Waals surface area contributed by atoms with Crippen molar-refractivity contribution in [2.24, 2.45) is 0 Å². The van der Waals surface area contributed by atoms with Crippen molar-refractivity contribution in [2.45, 2.75) is 49.6 Å². The quantitative estimate of drug-likeness (QED) is 0.256. The molecule has 0 saturated heterocycles. The van der Waals surface area contributed by atoms with Crippen molar-refractivity contribution in [2.75, 3.05) is 6.26 Å². The van der Waals surface area contributed by atoms with E-state index < -0.39 is 15.4 Å². The highest BCUT2D eigenvalue weighted by Gasteiger charge is 2.45. The van der Waals surface area contributed by atoms with Crippen molar-refractivity contribution in [3.8, 4) is 16.9 Å². The van der Waals surface area contributed by atoms with Gasteiger partial charge in [0.2, 0.25) is 15.9 Å². The predicted molar refractivity (Wildman–Crippen MR) is 148 cm³/mol. The fraction of sp³-hybridized carbons (Fsp3) is 0.310. The van der Waals surface area contributed by atoms with Crippen molar-refractivity contribution in [3.05, 3.63) is 102 Å².